The SMILES string of the molecule is C[C@@H](O)C[NH2+]Cc1c(Cl)cccc1Cl. The van der Waals surface area contributed by atoms with Crippen molar-refractivity contribution in [3.05, 3.63) is 33.8 Å². The Bertz CT molecular complexity index is 282. The lowest BCUT2D eigenvalue weighted by molar-refractivity contribution is -0.676. The molecule has 0 unspecified atom stereocenters. The Kier molecular flexibility index (Phi) is 4.69. The van der Waals surface area contributed by atoms with Gasteiger partial charge in [-0.05, 0) is 19.1 Å². The van der Waals surface area contributed by atoms with Crippen molar-refractivity contribution in [1.82, 2.24) is 0 Å². The maximum absolute atomic E-state index is 9.07. The van der Waals surface area contributed by atoms with Gasteiger partial charge in [0.2, 0.25) is 0 Å². The van der Waals surface area contributed by atoms with Crippen molar-refractivity contribution in [2.75, 3.05) is 6.54 Å². The molecule has 78 valence electrons. The number of nitrogens with two attached hydrogens (primary N) is 1. The summed E-state index contributed by atoms with van der Waals surface area (Å²) in [5.74, 6) is 0. The molecule has 3 N–H and O–H groups in total. The van der Waals surface area contributed by atoms with Crippen molar-refractivity contribution in [1.29, 1.82) is 0 Å². The number of hydrogen-bond donors (Lipinski definition) is 2. The Morgan fingerprint density at radius 3 is 2.43 bits per heavy atom. The van der Waals surface area contributed by atoms with E-state index in [9.17, 15) is 0 Å². The van der Waals surface area contributed by atoms with Crippen LogP contribution in [0.4, 0.5) is 0 Å². The van der Waals surface area contributed by atoms with Gasteiger partial charge in [0.05, 0.1) is 16.1 Å². The molecule has 0 saturated carbocycles. The third kappa shape index (κ3) is 3.46. The Labute approximate surface area is 93.8 Å². The third-order valence-corrected chi connectivity index (χ3v) is 2.63. The van der Waals surface area contributed by atoms with Gasteiger partial charge in [-0.3, -0.25) is 0 Å². The Morgan fingerprint density at radius 2 is 1.93 bits per heavy atom. The van der Waals surface area contributed by atoms with E-state index in [2.05, 4.69) is 0 Å². The monoisotopic (exact) mass is 234 g/mol. The van der Waals surface area contributed by atoms with E-state index < -0.39 is 0 Å². The minimum absolute atomic E-state index is 0.309. The zero-order valence-corrected chi connectivity index (χ0v) is 9.52. The number of hydrogen-bond acceptors (Lipinski definition) is 1. The minimum Gasteiger partial charge on any atom is -0.388 e. The smallest absolute Gasteiger partial charge is 0.104 e. The molecule has 1 aromatic carbocycles. The summed E-state index contributed by atoms with van der Waals surface area (Å²) in [6.45, 7) is 3.11. The van der Waals surface area contributed by atoms with Crippen LogP contribution in [0, 0.1) is 0 Å². The quantitative estimate of drug-likeness (QED) is 0.814. The van der Waals surface area contributed by atoms with Crippen molar-refractivity contribution >= 4 is 23.2 Å². The summed E-state index contributed by atoms with van der Waals surface area (Å²) in [5.41, 5.74) is 0.927. The van der Waals surface area contributed by atoms with Crippen molar-refractivity contribution in [3.63, 3.8) is 0 Å². The molecule has 1 atom stereocenters. The largest absolute Gasteiger partial charge is 0.388 e. The summed E-state index contributed by atoms with van der Waals surface area (Å²) in [6, 6.07) is 5.46. The summed E-state index contributed by atoms with van der Waals surface area (Å²) in [5, 5.41) is 12.4. The van der Waals surface area contributed by atoms with Crippen LogP contribution in [0.2, 0.25) is 10.0 Å². The van der Waals surface area contributed by atoms with Gasteiger partial charge in [-0.1, -0.05) is 29.3 Å². The van der Waals surface area contributed by atoms with Crippen molar-refractivity contribution in [2.45, 2.75) is 19.6 Å². The highest BCUT2D eigenvalue weighted by Gasteiger charge is 2.07. The first-order chi connectivity index (χ1) is 6.61. The van der Waals surface area contributed by atoms with E-state index in [4.69, 9.17) is 28.3 Å². The molecule has 0 radical (unpaired) electrons. The summed E-state index contributed by atoms with van der Waals surface area (Å²) in [4.78, 5) is 0. The first kappa shape index (κ1) is 11.8. The molecule has 0 aliphatic rings. The highest BCUT2D eigenvalue weighted by atomic mass is 35.5. The summed E-state index contributed by atoms with van der Waals surface area (Å²) < 4.78 is 0. The molecule has 0 aliphatic carbocycles. The number of rotatable bonds is 4. The molecular formula is C10H14Cl2NO+. The number of aliphatic hydroxyl groups is 1. The van der Waals surface area contributed by atoms with E-state index in [0.717, 1.165) is 5.56 Å². The maximum Gasteiger partial charge on any atom is 0.104 e. The first-order valence-corrected chi connectivity index (χ1v) is 5.29. The van der Waals surface area contributed by atoms with Crippen LogP contribution in [0.15, 0.2) is 18.2 Å². The summed E-state index contributed by atoms with van der Waals surface area (Å²) in [7, 11) is 0. The van der Waals surface area contributed by atoms with Gasteiger partial charge in [-0.2, -0.15) is 0 Å². The van der Waals surface area contributed by atoms with Crippen LogP contribution in [0.5, 0.6) is 0 Å². The van der Waals surface area contributed by atoms with Gasteiger partial charge in [0.15, 0.2) is 0 Å². The number of halogens is 2. The van der Waals surface area contributed by atoms with Gasteiger partial charge in [-0.25, -0.2) is 0 Å². The Morgan fingerprint density at radius 1 is 1.36 bits per heavy atom. The highest BCUT2D eigenvalue weighted by molar-refractivity contribution is 6.35. The van der Waals surface area contributed by atoms with E-state index in [1.54, 1.807) is 6.92 Å². The van der Waals surface area contributed by atoms with Crippen LogP contribution < -0.4 is 5.32 Å². The molecule has 1 rings (SSSR count). The average Bonchev–Trinajstić information content (AvgIpc) is 2.09. The molecule has 0 amide bonds. The molecule has 0 spiro atoms. The fourth-order valence-electron chi connectivity index (χ4n) is 1.20. The summed E-state index contributed by atoms with van der Waals surface area (Å²) in [6.07, 6.45) is -0.309. The summed E-state index contributed by atoms with van der Waals surface area (Å²) >= 11 is 12.0. The van der Waals surface area contributed by atoms with Gasteiger partial charge in [0.25, 0.3) is 0 Å². The molecule has 14 heavy (non-hydrogen) atoms. The van der Waals surface area contributed by atoms with Crippen LogP contribution in [-0.4, -0.2) is 17.8 Å². The lowest BCUT2D eigenvalue weighted by atomic mass is 10.2. The fraction of sp³-hybridized carbons (Fsp3) is 0.400. The Hall–Kier alpha value is -0.280. The Balaban J connectivity index is 2.58. The van der Waals surface area contributed by atoms with E-state index >= 15 is 0 Å². The van der Waals surface area contributed by atoms with Crippen LogP contribution in [0.1, 0.15) is 12.5 Å². The van der Waals surface area contributed by atoms with E-state index in [1.807, 2.05) is 23.5 Å². The van der Waals surface area contributed by atoms with Crippen LogP contribution in [0.25, 0.3) is 0 Å². The molecule has 0 bridgehead atoms. The van der Waals surface area contributed by atoms with Crippen LogP contribution in [0.3, 0.4) is 0 Å². The number of aliphatic hydroxyl groups excluding tert-OH is 1. The third-order valence-electron chi connectivity index (χ3n) is 1.92. The lowest BCUT2D eigenvalue weighted by Gasteiger charge is -2.07. The molecule has 0 fully saturated rings. The molecule has 2 nitrogen and oxygen atoms in total. The zero-order chi connectivity index (χ0) is 10.6. The van der Waals surface area contributed by atoms with Crippen LogP contribution >= 0.6 is 23.2 Å². The predicted molar refractivity (Wildman–Crippen MR) is 58.6 cm³/mol. The standard InChI is InChI=1S/C10H13Cl2NO/c1-7(14)5-13-6-8-9(11)3-2-4-10(8)12/h2-4,7,13-14H,5-6H2,1H3/p+1/t7-/m1/s1. The molecule has 0 heterocycles. The molecule has 0 saturated heterocycles. The van der Waals surface area contributed by atoms with E-state index in [1.165, 1.54) is 0 Å². The second-order valence-electron chi connectivity index (χ2n) is 3.28. The lowest BCUT2D eigenvalue weighted by Crippen LogP contribution is -2.84. The predicted octanol–water partition coefficient (Wildman–Crippen LogP) is 1.44. The number of quaternary nitrogens is 1. The van der Waals surface area contributed by atoms with Crippen LogP contribution in [-0.2, 0) is 6.54 Å². The van der Waals surface area contributed by atoms with Crippen molar-refractivity contribution in [2.24, 2.45) is 0 Å². The molecule has 0 aromatic heterocycles. The normalized spacial score (nSPS) is 12.9. The van der Waals surface area contributed by atoms with Gasteiger partial charge in [0, 0.05) is 5.56 Å². The second-order valence-corrected chi connectivity index (χ2v) is 4.09. The van der Waals surface area contributed by atoms with Gasteiger partial charge >= 0.3 is 0 Å². The maximum atomic E-state index is 9.07. The molecular weight excluding hydrogens is 221 g/mol. The topological polar surface area (TPSA) is 36.8 Å². The highest BCUT2D eigenvalue weighted by Crippen LogP contribution is 2.22. The first-order valence-electron chi connectivity index (χ1n) is 4.54. The fourth-order valence-corrected chi connectivity index (χ4v) is 1.75. The molecule has 0 aliphatic heterocycles. The second kappa shape index (κ2) is 5.56. The average molecular weight is 235 g/mol. The number of benzene rings is 1. The molecule has 4 heteroatoms. The van der Waals surface area contributed by atoms with Crippen molar-refractivity contribution < 1.29 is 10.4 Å². The van der Waals surface area contributed by atoms with Gasteiger partial charge in [0.1, 0.15) is 13.1 Å². The minimum atomic E-state index is -0.309. The van der Waals surface area contributed by atoms with E-state index in [0.29, 0.717) is 23.1 Å². The van der Waals surface area contributed by atoms with Gasteiger partial charge < -0.3 is 10.4 Å². The van der Waals surface area contributed by atoms with Crippen molar-refractivity contribution in [3.8, 4) is 0 Å². The zero-order valence-electron chi connectivity index (χ0n) is 8.00. The molecule has 1 aromatic rings. The van der Waals surface area contributed by atoms with E-state index in [-0.39, 0.29) is 6.10 Å². The van der Waals surface area contributed by atoms with Gasteiger partial charge in [-0.15, -0.1) is 0 Å².